The van der Waals surface area contributed by atoms with Gasteiger partial charge in [-0.15, -0.1) is 10.2 Å². The van der Waals surface area contributed by atoms with Crippen molar-refractivity contribution < 1.29 is 9.53 Å². The monoisotopic (exact) mass is 363 g/mol. The lowest BCUT2D eigenvalue weighted by Crippen LogP contribution is -2.43. The third-order valence-electron chi connectivity index (χ3n) is 4.68. The molecule has 0 N–H and O–H groups in total. The van der Waals surface area contributed by atoms with Gasteiger partial charge in [-0.05, 0) is 42.7 Å². The number of pyridine rings is 1. The number of amides is 1. The van der Waals surface area contributed by atoms with Crippen molar-refractivity contribution in [3.63, 3.8) is 0 Å². The fourth-order valence-electron chi connectivity index (χ4n) is 3.27. The van der Waals surface area contributed by atoms with Crippen LogP contribution in [0.25, 0.3) is 5.69 Å². The average molecular weight is 363 g/mol. The first-order valence-corrected chi connectivity index (χ1v) is 9.04. The molecular formula is C20H21N5O2. The van der Waals surface area contributed by atoms with E-state index in [0.717, 1.165) is 30.6 Å². The van der Waals surface area contributed by atoms with Crippen molar-refractivity contribution in [1.82, 2.24) is 24.6 Å². The number of hydrogen-bond acceptors (Lipinski definition) is 5. The first-order chi connectivity index (χ1) is 13.3. The lowest BCUT2D eigenvalue weighted by molar-refractivity contribution is -0.00681. The van der Waals surface area contributed by atoms with Gasteiger partial charge in [-0.1, -0.05) is 12.1 Å². The summed E-state index contributed by atoms with van der Waals surface area (Å²) in [6.45, 7) is 1.88. The second-order valence-corrected chi connectivity index (χ2v) is 6.61. The zero-order chi connectivity index (χ0) is 18.5. The van der Waals surface area contributed by atoms with Crippen molar-refractivity contribution >= 4 is 5.91 Å². The number of piperidine rings is 1. The molecule has 0 radical (unpaired) electrons. The van der Waals surface area contributed by atoms with Crippen LogP contribution in [0.4, 0.5) is 0 Å². The normalized spacial score (nSPS) is 17.0. The molecule has 0 aliphatic carbocycles. The Labute approximate surface area is 157 Å². The second kappa shape index (κ2) is 8.09. The summed E-state index contributed by atoms with van der Waals surface area (Å²) in [6, 6.07) is 11.4. The van der Waals surface area contributed by atoms with E-state index in [9.17, 15) is 4.79 Å². The summed E-state index contributed by atoms with van der Waals surface area (Å²) < 4.78 is 7.80. The van der Waals surface area contributed by atoms with Crippen LogP contribution >= 0.6 is 0 Å². The number of nitrogens with zero attached hydrogens (tertiary/aromatic N) is 5. The molecule has 1 fully saturated rings. The van der Waals surface area contributed by atoms with E-state index in [1.165, 1.54) is 0 Å². The van der Waals surface area contributed by atoms with Crippen molar-refractivity contribution in [2.45, 2.75) is 25.6 Å². The molecule has 4 rings (SSSR count). The van der Waals surface area contributed by atoms with Crippen LogP contribution in [-0.4, -0.2) is 49.7 Å². The smallest absolute Gasteiger partial charge is 0.254 e. The maximum Gasteiger partial charge on any atom is 0.254 e. The SMILES string of the molecule is O=C(c1cccc(-n2cnnc2)c1)N1CCC[C@@H](OCc2cccnc2)C1. The molecule has 138 valence electrons. The summed E-state index contributed by atoms with van der Waals surface area (Å²) in [5.74, 6) is 0.0274. The zero-order valence-electron chi connectivity index (χ0n) is 14.9. The Balaban J connectivity index is 1.40. The van der Waals surface area contributed by atoms with Crippen molar-refractivity contribution in [3.8, 4) is 5.69 Å². The molecule has 3 heterocycles. The lowest BCUT2D eigenvalue weighted by Gasteiger charge is -2.32. The summed E-state index contributed by atoms with van der Waals surface area (Å²) in [6.07, 6.45) is 8.74. The van der Waals surface area contributed by atoms with E-state index in [0.29, 0.717) is 18.7 Å². The minimum atomic E-state index is 0.0274. The minimum Gasteiger partial charge on any atom is -0.372 e. The molecule has 1 saturated heterocycles. The third-order valence-corrected chi connectivity index (χ3v) is 4.68. The van der Waals surface area contributed by atoms with Crippen molar-refractivity contribution in [1.29, 1.82) is 0 Å². The van der Waals surface area contributed by atoms with Crippen molar-refractivity contribution in [2.75, 3.05) is 13.1 Å². The van der Waals surface area contributed by atoms with Gasteiger partial charge in [0.2, 0.25) is 0 Å². The number of aromatic nitrogens is 4. The number of ether oxygens (including phenoxy) is 1. The van der Waals surface area contributed by atoms with Gasteiger partial charge in [0.25, 0.3) is 5.91 Å². The van der Waals surface area contributed by atoms with Gasteiger partial charge in [0.05, 0.1) is 12.7 Å². The first-order valence-electron chi connectivity index (χ1n) is 9.04. The van der Waals surface area contributed by atoms with Gasteiger partial charge in [0, 0.05) is 36.7 Å². The second-order valence-electron chi connectivity index (χ2n) is 6.61. The van der Waals surface area contributed by atoms with Crippen LogP contribution in [0, 0.1) is 0 Å². The topological polar surface area (TPSA) is 73.1 Å². The molecule has 1 atom stereocenters. The molecule has 0 saturated carbocycles. The largest absolute Gasteiger partial charge is 0.372 e. The third kappa shape index (κ3) is 4.20. The number of rotatable bonds is 5. The summed E-state index contributed by atoms with van der Waals surface area (Å²) >= 11 is 0. The van der Waals surface area contributed by atoms with E-state index in [1.54, 1.807) is 23.4 Å². The van der Waals surface area contributed by atoms with Crippen LogP contribution in [0.2, 0.25) is 0 Å². The van der Waals surface area contributed by atoms with E-state index < -0.39 is 0 Å². The Morgan fingerprint density at radius 3 is 2.89 bits per heavy atom. The molecule has 27 heavy (non-hydrogen) atoms. The van der Waals surface area contributed by atoms with Gasteiger partial charge in [-0.3, -0.25) is 14.3 Å². The highest BCUT2D eigenvalue weighted by Crippen LogP contribution is 2.19. The van der Waals surface area contributed by atoms with Crippen LogP contribution in [0.15, 0.2) is 61.4 Å². The molecule has 0 spiro atoms. The Morgan fingerprint density at radius 2 is 2.07 bits per heavy atom. The van der Waals surface area contributed by atoms with E-state index in [2.05, 4.69) is 15.2 Å². The molecule has 0 unspecified atom stereocenters. The molecule has 1 amide bonds. The van der Waals surface area contributed by atoms with Crippen LogP contribution in [0.1, 0.15) is 28.8 Å². The summed E-state index contributed by atoms with van der Waals surface area (Å²) in [7, 11) is 0. The fourth-order valence-corrected chi connectivity index (χ4v) is 3.27. The van der Waals surface area contributed by atoms with Gasteiger partial charge < -0.3 is 9.64 Å². The molecule has 7 heteroatoms. The Bertz CT molecular complexity index is 882. The van der Waals surface area contributed by atoms with Crippen LogP contribution in [0.5, 0.6) is 0 Å². The summed E-state index contributed by atoms with van der Waals surface area (Å²) in [5, 5.41) is 7.63. The number of likely N-dealkylation sites (tertiary alicyclic amines) is 1. The molecule has 1 aliphatic heterocycles. The van der Waals surface area contributed by atoms with Crippen molar-refractivity contribution in [3.05, 3.63) is 72.6 Å². The van der Waals surface area contributed by atoms with Gasteiger partial charge in [0.1, 0.15) is 12.7 Å². The number of hydrogen-bond donors (Lipinski definition) is 0. The van der Waals surface area contributed by atoms with E-state index in [4.69, 9.17) is 4.74 Å². The quantitative estimate of drug-likeness (QED) is 0.696. The highest BCUT2D eigenvalue weighted by molar-refractivity contribution is 5.94. The predicted molar refractivity (Wildman–Crippen MR) is 99.3 cm³/mol. The molecular weight excluding hydrogens is 342 g/mol. The average Bonchev–Trinajstić information content (AvgIpc) is 3.28. The first kappa shape index (κ1) is 17.4. The highest BCUT2D eigenvalue weighted by atomic mass is 16.5. The van der Waals surface area contributed by atoms with Crippen LogP contribution in [-0.2, 0) is 11.3 Å². The van der Waals surface area contributed by atoms with E-state index >= 15 is 0 Å². The van der Waals surface area contributed by atoms with Gasteiger partial charge in [0.15, 0.2) is 0 Å². The fraction of sp³-hybridized carbons (Fsp3) is 0.300. The molecule has 1 aromatic carbocycles. The highest BCUT2D eigenvalue weighted by Gasteiger charge is 2.25. The maximum absolute atomic E-state index is 13.0. The maximum atomic E-state index is 13.0. The number of carbonyl (C=O) groups excluding carboxylic acids is 1. The van der Waals surface area contributed by atoms with E-state index in [1.807, 2.05) is 47.5 Å². The Kier molecular flexibility index (Phi) is 5.20. The van der Waals surface area contributed by atoms with Crippen LogP contribution < -0.4 is 0 Å². The van der Waals surface area contributed by atoms with Gasteiger partial charge in [-0.2, -0.15) is 0 Å². The van der Waals surface area contributed by atoms with Gasteiger partial charge >= 0.3 is 0 Å². The molecule has 7 nitrogen and oxygen atoms in total. The zero-order valence-corrected chi connectivity index (χ0v) is 14.9. The summed E-state index contributed by atoms with van der Waals surface area (Å²) in [5.41, 5.74) is 2.57. The van der Waals surface area contributed by atoms with E-state index in [-0.39, 0.29) is 12.0 Å². The molecule has 2 aromatic heterocycles. The number of benzene rings is 1. The number of carbonyl (C=O) groups is 1. The standard InChI is InChI=1S/C20H21N5O2/c26-20(17-5-1-6-18(10-17)25-14-22-23-15-25)24-9-3-7-19(12-24)27-13-16-4-2-8-21-11-16/h1-2,4-6,8,10-11,14-15,19H,3,7,9,12-13H2/t19-/m1/s1. The molecule has 3 aromatic rings. The predicted octanol–water partition coefficient (Wildman–Crippen LogP) is 2.48. The minimum absolute atomic E-state index is 0.0274. The van der Waals surface area contributed by atoms with Crippen molar-refractivity contribution in [2.24, 2.45) is 0 Å². The summed E-state index contributed by atoms with van der Waals surface area (Å²) in [4.78, 5) is 18.9. The van der Waals surface area contributed by atoms with Gasteiger partial charge in [-0.25, -0.2) is 0 Å². The molecule has 1 aliphatic rings. The Hall–Kier alpha value is -3.06. The van der Waals surface area contributed by atoms with Crippen LogP contribution in [0.3, 0.4) is 0 Å². The Morgan fingerprint density at radius 1 is 1.19 bits per heavy atom. The lowest BCUT2D eigenvalue weighted by atomic mass is 10.1. The molecule has 0 bridgehead atoms.